The molecule has 0 saturated carbocycles. The van der Waals surface area contributed by atoms with Gasteiger partial charge in [0.1, 0.15) is 0 Å². The zero-order chi connectivity index (χ0) is 14.8. The van der Waals surface area contributed by atoms with Crippen LogP contribution < -0.4 is 0 Å². The molecule has 0 atom stereocenters. The average Bonchev–Trinajstić information content (AvgIpc) is 2.80. The molecule has 5 heteroatoms. The number of aromatic amines is 1. The summed E-state index contributed by atoms with van der Waals surface area (Å²) in [6, 6.07) is 5.07. The fourth-order valence-corrected chi connectivity index (χ4v) is 3.26. The van der Waals surface area contributed by atoms with Crippen molar-refractivity contribution in [3.63, 3.8) is 0 Å². The fourth-order valence-electron chi connectivity index (χ4n) is 3.26. The summed E-state index contributed by atoms with van der Waals surface area (Å²) in [7, 11) is 0. The third-order valence-electron chi connectivity index (χ3n) is 4.44. The molecule has 1 aliphatic heterocycles. The summed E-state index contributed by atoms with van der Waals surface area (Å²) in [5.74, 6) is 0. The van der Waals surface area contributed by atoms with Crippen LogP contribution in [0.5, 0.6) is 0 Å². The number of likely N-dealkylation sites (tertiary alicyclic amines) is 1. The molecule has 1 aromatic heterocycles. The quantitative estimate of drug-likeness (QED) is 0.692. The Balaban J connectivity index is 1.84. The van der Waals surface area contributed by atoms with Gasteiger partial charge in [-0.05, 0) is 50.9 Å². The normalized spacial score (nSPS) is 16.4. The first kappa shape index (κ1) is 14.1. The van der Waals surface area contributed by atoms with Crippen molar-refractivity contribution in [1.82, 2.24) is 9.88 Å². The third kappa shape index (κ3) is 2.93. The first-order valence-electron chi connectivity index (χ1n) is 7.63. The Morgan fingerprint density at radius 3 is 2.76 bits per heavy atom. The van der Waals surface area contributed by atoms with Crippen LogP contribution in [0.25, 0.3) is 10.9 Å². The summed E-state index contributed by atoms with van der Waals surface area (Å²) in [6.07, 6.45) is 4.87. The lowest BCUT2D eigenvalue weighted by Gasteiger charge is -2.26. The van der Waals surface area contributed by atoms with Gasteiger partial charge in [-0.25, -0.2) is 0 Å². The lowest BCUT2D eigenvalue weighted by molar-refractivity contribution is -0.384. The number of nitrogens with zero attached hydrogens (tertiary/aromatic N) is 2. The topological polar surface area (TPSA) is 62.2 Å². The number of piperidine rings is 1. The molecule has 0 spiro atoms. The molecule has 0 unspecified atom stereocenters. The Bertz CT molecular complexity index is 657. The van der Waals surface area contributed by atoms with Gasteiger partial charge in [0.05, 0.1) is 4.92 Å². The number of fused-ring (bicyclic) bond motifs is 1. The van der Waals surface area contributed by atoms with Crippen molar-refractivity contribution in [2.24, 2.45) is 0 Å². The lowest BCUT2D eigenvalue weighted by Crippen LogP contribution is -2.31. The molecule has 5 nitrogen and oxygen atoms in total. The average molecular weight is 287 g/mol. The molecule has 0 aliphatic carbocycles. The second-order valence-corrected chi connectivity index (χ2v) is 5.87. The summed E-state index contributed by atoms with van der Waals surface area (Å²) in [5, 5.41) is 12.0. The maximum atomic E-state index is 11.0. The Morgan fingerprint density at radius 2 is 2.05 bits per heavy atom. The van der Waals surface area contributed by atoms with Crippen molar-refractivity contribution in [2.45, 2.75) is 32.6 Å². The predicted molar refractivity (Wildman–Crippen MR) is 83.7 cm³/mol. The molecule has 1 aliphatic rings. The summed E-state index contributed by atoms with van der Waals surface area (Å²) < 4.78 is 0. The van der Waals surface area contributed by atoms with E-state index in [9.17, 15) is 10.1 Å². The molecule has 21 heavy (non-hydrogen) atoms. The molecular weight excluding hydrogens is 266 g/mol. The van der Waals surface area contributed by atoms with E-state index in [0.717, 1.165) is 29.6 Å². The van der Waals surface area contributed by atoms with Crippen LogP contribution in [0.4, 0.5) is 5.69 Å². The van der Waals surface area contributed by atoms with E-state index in [4.69, 9.17) is 0 Å². The van der Waals surface area contributed by atoms with Crippen LogP contribution in [0, 0.1) is 17.0 Å². The van der Waals surface area contributed by atoms with Crippen molar-refractivity contribution in [2.75, 3.05) is 19.6 Å². The summed E-state index contributed by atoms with van der Waals surface area (Å²) >= 11 is 0. The Hall–Kier alpha value is -1.88. The molecule has 0 bridgehead atoms. The zero-order valence-corrected chi connectivity index (χ0v) is 12.4. The van der Waals surface area contributed by atoms with Gasteiger partial charge >= 0.3 is 0 Å². The second kappa shape index (κ2) is 5.85. The van der Waals surface area contributed by atoms with Crippen molar-refractivity contribution in [3.8, 4) is 0 Å². The summed E-state index contributed by atoms with van der Waals surface area (Å²) in [6.45, 7) is 5.46. The van der Waals surface area contributed by atoms with Crippen molar-refractivity contribution < 1.29 is 4.92 Å². The molecule has 1 aromatic carbocycles. The Labute approximate surface area is 124 Å². The van der Waals surface area contributed by atoms with Crippen LogP contribution in [0.15, 0.2) is 18.2 Å². The summed E-state index contributed by atoms with van der Waals surface area (Å²) in [5.41, 5.74) is 3.51. The predicted octanol–water partition coefficient (Wildman–Crippen LogP) is 3.41. The first-order valence-corrected chi connectivity index (χ1v) is 7.63. The van der Waals surface area contributed by atoms with E-state index in [1.165, 1.54) is 37.9 Å². The van der Waals surface area contributed by atoms with Crippen LogP contribution in [0.2, 0.25) is 0 Å². The molecule has 0 amide bonds. The first-order chi connectivity index (χ1) is 10.1. The van der Waals surface area contributed by atoms with E-state index in [2.05, 4.69) is 16.8 Å². The van der Waals surface area contributed by atoms with Crippen molar-refractivity contribution in [1.29, 1.82) is 0 Å². The number of benzene rings is 1. The van der Waals surface area contributed by atoms with Gasteiger partial charge in [0.15, 0.2) is 0 Å². The molecule has 112 valence electrons. The molecule has 1 fully saturated rings. The highest BCUT2D eigenvalue weighted by Crippen LogP contribution is 2.27. The van der Waals surface area contributed by atoms with Gasteiger partial charge in [-0.2, -0.15) is 0 Å². The minimum Gasteiger partial charge on any atom is -0.358 e. The molecule has 2 heterocycles. The highest BCUT2D eigenvalue weighted by molar-refractivity contribution is 5.86. The number of aryl methyl sites for hydroxylation is 1. The van der Waals surface area contributed by atoms with Crippen LogP contribution in [0.1, 0.15) is 30.5 Å². The molecular formula is C16H21N3O2. The minimum absolute atomic E-state index is 0.167. The van der Waals surface area contributed by atoms with Gasteiger partial charge in [0.2, 0.25) is 0 Å². The number of nitrogens with one attached hydrogen (secondary N) is 1. The van der Waals surface area contributed by atoms with Crippen molar-refractivity contribution >= 4 is 16.6 Å². The van der Waals surface area contributed by atoms with Crippen molar-refractivity contribution in [3.05, 3.63) is 39.6 Å². The van der Waals surface area contributed by atoms with Gasteiger partial charge in [0.25, 0.3) is 5.69 Å². The number of hydrogen-bond donors (Lipinski definition) is 1. The fraction of sp³-hybridized carbons (Fsp3) is 0.500. The maximum absolute atomic E-state index is 11.0. The minimum atomic E-state index is -0.323. The van der Waals surface area contributed by atoms with E-state index in [1.54, 1.807) is 12.1 Å². The van der Waals surface area contributed by atoms with Gasteiger partial charge in [-0.1, -0.05) is 6.42 Å². The molecule has 1 saturated heterocycles. The van der Waals surface area contributed by atoms with Gasteiger partial charge in [-0.3, -0.25) is 10.1 Å². The summed E-state index contributed by atoms with van der Waals surface area (Å²) in [4.78, 5) is 16.5. The number of H-pyrrole nitrogens is 1. The zero-order valence-electron chi connectivity index (χ0n) is 12.4. The number of aromatic nitrogens is 1. The molecule has 3 rings (SSSR count). The number of hydrogen-bond acceptors (Lipinski definition) is 3. The Morgan fingerprint density at radius 1 is 1.29 bits per heavy atom. The number of nitro groups is 1. The highest BCUT2D eigenvalue weighted by Gasteiger charge is 2.15. The van der Waals surface area contributed by atoms with Gasteiger partial charge < -0.3 is 9.88 Å². The second-order valence-electron chi connectivity index (χ2n) is 5.87. The molecule has 1 N–H and O–H groups in total. The number of non-ortho nitro benzene ring substituents is 1. The largest absolute Gasteiger partial charge is 0.358 e. The smallest absolute Gasteiger partial charge is 0.270 e. The van der Waals surface area contributed by atoms with E-state index < -0.39 is 0 Å². The standard InChI is InChI=1S/C16H21N3O2/c1-12-14(7-10-18-8-3-2-4-9-18)15-11-13(19(20)21)5-6-16(15)17-12/h5-6,11,17H,2-4,7-10H2,1H3. The lowest BCUT2D eigenvalue weighted by atomic mass is 10.1. The van der Waals surface area contributed by atoms with Crippen LogP contribution >= 0.6 is 0 Å². The maximum Gasteiger partial charge on any atom is 0.270 e. The number of nitro benzene ring substituents is 1. The Kier molecular flexibility index (Phi) is 3.92. The van der Waals surface area contributed by atoms with E-state index in [-0.39, 0.29) is 10.6 Å². The van der Waals surface area contributed by atoms with Crippen LogP contribution in [-0.2, 0) is 6.42 Å². The highest BCUT2D eigenvalue weighted by atomic mass is 16.6. The molecule has 0 radical (unpaired) electrons. The van der Waals surface area contributed by atoms with Crippen LogP contribution in [0.3, 0.4) is 0 Å². The van der Waals surface area contributed by atoms with Gasteiger partial charge in [-0.15, -0.1) is 0 Å². The van der Waals surface area contributed by atoms with E-state index >= 15 is 0 Å². The third-order valence-corrected chi connectivity index (χ3v) is 4.44. The van der Waals surface area contributed by atoms with E-state index in [1.807, 2.05) is 6.07 Å². The number of rotatable bonds is 4. The monoisotopic (exact) mass is 287 g/mol. The van der Waals surface area contributed by atoms with E-state index in [0.29, 0.717) is 0 Å². The SMILES string of the molecule is Cc1[nH]c2ccc([N+](=O)[O-])cc2c1CCN1CCCCC1. The van der Waals surface area contributed by atoms with Gasteiger partial charge in [0, 0.05) is 35.3 Å². The van der Waals surface area contributed by atoms with Crippen LogP contribution in [-0.4, -0.2) is 34.4 Å². The molecule has 2 aromatic rings.